The van der Waals surface area contributed by atoms with Crippen LogP contribution in [0.1, 0.15) is 44.4 Å². The van der Waals surface area contributed by atoms with E-state index in [1.54, 1.807) is 6.20 Å². The Bertz CT molecular complexity index is 630. The van der Waals surface area contributed by atoms with Gasteiger partial charge in [0.05, 0.1) is 12.5 Å². The fourth-order valence-electron chi connectivity index (χ4n) is 2.51. The van der Waals surface area contributed by atoms with E-state index in [-0.39, 0.29) is 17.4 Å². The summed E-state index contributed by atoms with van der Waals surface area (Å²) < 4.78 is 0. The summed E-state index contributed by atoms with van der Waals surface area (Å²) in [7, 11) is 0. The molecule has 0 aliphatic carbocycles. The van der Waals surface area contributed by atoms with Crippen LogP contribution in [0.2, 0.25) is 0 Å². The van der Waals surface area contributed by atoms with E-state index in [2.05, 4.69) is 31.1 Å². The normalized spacial score (nSPS) is 12.7. The predicted molar refractivity (Wildman–Crippen MR) is 93.8 cm³/mol. The Hall–Kier alpha value is -2.36. The maximum absolute atomic E-state index is 12.4. The van der Waals surface area contributed by atoms with Crippen LogP contribution < -0.4 is 11.1 Å². The van der Waals surface area contributed by atoms with E-state index in [0.29, 0.717) is 12.1 Å². The molecule has 1 aromatic heterocycles. The minimum atomic E-state index is -0.0371. The molecule has 4 heteroatoms. The van der Waals surface area contributed by atoms with Gasteiger partial charge in [-0.3, -0.25) is 9.78 Å². The predicted octanol–water partition coefficient (Wildman–Crippen LogP) is 3.50. The van der Waals surface area contributed by atoms with Crippen LogP contribution in [0.5, 0.6) is 0 Å². The van der Waals surface area contributed by atoms with Crippen LogP contribution in [0.15, 0.2) is 48.8 Å². The highest BCUT2D eigenvalue weighted by molar-refractivity contribution is 5.79. The van der Waals surface area contributed by atoms with Gasteiger partial charge in [0.25, 0.3) is 0 Å². The topological polar surface area (TPSA) is 68.0 Å². The molecule has 0 spiro atoms. The lowest BCUT2D eigenvalue weighted by Crippen LogP contribution is -2.32. The Kier molecular flexibility index (Phi) is 5.37. The van der Waals surface area contributed by atoms with Gasteiger partial charge in [-0.15, -0.1) is 0 Å². The van der Waals surface area contributed by atoms with Gasteiger partial charge in [-0.2, -0.15) is 0 Å². The number of nitrogens with zero attached hydrogens (tertiary/aromatic N) is 1. The first-order valence-electron chi connectivity index (χ1n) is 7.87. The van der Waals surface area contributed by atoms with Gasteiger partial charge in [0, 0.05) is 18.1 Å². The average molecular weight is 311 g/mol. The molecule has 0 saturated heterocycles. The van der Waals surface area contributed by atoms with Gasteiger partial charge in [-0.05, 0) is 41.2 Å². The number of carbonyl (C=O) groups excluding carboxylic acids is 1. The largest absolute Gasteiger partial charge is 0.399 e. The lowest BCUT2D eigenvalue weighted by Gasteiger charge is -2.27. The van der Waals surface area contributed by atoms with Gasteiger partial charge >= 0.3 is 0 Å². The monoisotopic (exact) mass is 311 g/mol. The highest BCUT2D eigenvalue weighted by Crippen LogP contribution is 2.29. The number of pyridine rings is 1. The van der Waals surface area contributed by atoms with E-state index in [9.17, 15) is 4.79 Å². The van der Waals surface area contributed by atoms with Crippen LogP contribution in [-0.4, -0.2) is 10.9 Å². The Morgan fingerprint density at radius 3 is 2.48 bits per heavy atom. The van der Waals surface area contributed by atoms with Gasteiger partial charge in [0.1, 0.15) is 0 Å². The van der Waals surface area contributed by atoms with Gasteiger partial charge in [-0.25, -0.2) is 0 Å². The number of hydrogen-bond donors (Lipinski definition) is 2. The molecule has 2 aromatic rings. The van der Waals surface area contributed by atoms with Gasteiger partial charge in [0.2, 0.25) is 5.91 Å². The number of carbonyl (C=O) groups is 1. The summed E-state index contributed by atoms with van der Waals surface area (Å²) in [5, 5.41) is 3.14. The Balaban J connectivity index is 2.07. The summed E-state index contributed by atoms with van der Waals surface area (Å²) in [4.78, 5) is 16.6. The molecule has 1 amide bonds. The first-order chi connectivity index (χ1) is 10.8. The maximum Gasteiger partial charge on any atom is 0.224 e. The van der Waals surface area contributed by atoms with E-state index < -0.39 is 0 Å². The van der Waals surface area contributed by atoms with Crippen molar-refractivity contribution in [1.29, 1.82) is 0 Å². The summed E-state index contributed by atoms with van der Waals surface area (Å²) >= 11 is 0. The van der Waals surface area contributed by atoms with E-state index in [0.717, 1.165) is 17.5 Å². The minimum absolute atomic E-state index is 0.00729. The number of amides is 1. The number of nitrogens with two attached hydrogens (primary N) is 1. The standard InChI is InChI=1S/C19H25N3O/c1-19(2,3)12-17(15-5-4-10-21-13-15)22-18(23)11-14-6-8-16(20)9-7-14/h4-10,13,17H,11-12,20H2,1-3H3,(H,22,23). The molecule has 1 unspecified atom stereocenters. The second-order valence-electron chi connectivity index (χ2n) is 7.09. The quantitative estimate of drug-likeness (QED) is 0.830. The summed E-state index contributed by atoms with van der Waals surface area (Å²) in [6, 6.07) is 11.3. The third-order valence-corrected chi connectivity index (χ3v) is 3.58. The molecule has 1 heterocycles. The molecule has 0 radical (unpaired) electrons. The van der Waals surface area contributed by atoms with Gasteiger partial charge in [0.15, 0.2) is 0 Å². The van der Waals surface area contributed by atoms with Crippen LogP contribution in [0, 0.1) is 5.41 Å². The number of aromatic nitrogens is 1. The zero-order valence-electron chi connectivity index (χ0n) is 14.0. The Labute approximate surface area is 138 Å². The fourth-order valence-corrected chi connectivity index (χ4v) is 2.51. The van der Waals surface area contributed by atoms with Crippen molar-refractivity contribution >= 4 is 11.6 Å². The van der Waals surface area contributed by atoms with Gasteiger partial charge in [-0.1, -0.05) is 39.0 Å². The van der Waals surface area contributed by atoms with E-state index >= 15 is 0 Å². The van der Waals surface area contributed by atoms with Crippen molar-refractivity contribution in [2.75, 3.05) is 5.73 Å². The molecule has 0 aliphatic rings. The molecule has 0 bridgehead atoms. The molecule has 1 atom stereocenters. The molecule has 2 rings (SSSR count). The molecule has 0 saturated carbocycles. The van der Waals surface area contributed by atoms with Gasteiger partial charge < -0.3 is 11.1 Å². The third kappa shape index (κ3) is 5.74. The van der Waals surface area contributed by atoms with Crippen molar-refractivity contribution in [1.82, 2.24) is 10.3 Å². The minimum Gasteiger partial charge on any atom is -0.399 e. The zero-order chi connectivity index (χ0) is 16.9. The van der Waals surface area contributed by atoms with E-state index in [1.165, 1.54) is 0 Å². The van der Waals surface area contributed by atoms with Crippen molar-refractivity contribution in [2.24, 2.45) is 5.41 Å². The highest BCUT2D eigenvalue weighted by atomic mass is 16.1. The van der Waals surface area contributed by atoms with Crippen LogP contribution >= 0.6 is 0 Å². The molecule has 3 N–H and O–H groups in total. The maximum atomic E-state index is 12.4. The molecular weight excluding hydrogens is 286 g/mol. The van der Waals surface area contributed by atoms with Crippen LogP contribution in [0.3, 0.4) is 0 Å². The summed E-state index contributed by atoms with van der Waals surface area (Å²) in [5.41, 5.74) is 8.48. The number of anilines is 1. The number of benzene rings is 1. The second-order valence-corrected chi connectivity index (χ2v) is 7.09. The van der Waals surface area contributed by atoms with Crippen LogP contribution in [0.4, 0.5) is 5.69 Å². The smallest absolute Gasteiger partial charge is 0.224 e. The number of hydrogen-bond acceptors (Lipinski definition) is 3. The lowest BCUT2D eigenvalue weighted by molar-refractivity contribution is -0.121. The third-order valence-electron chi connectivity index (χ3n) is 3.58. The molecule has 23 heavy (non-hydrogen) atoms. The summed E-state index contributed by atoms with van der Waals surface area (Å²) in [6.07, 6.45) is 4.76. The number of nitrogen functional groups attached to an aromatic ring is 1. The Morgan fingerprint density at radius 1 is 1.22 bits per heavy atom. The molecule has 0 fully saturated rings. The van der Waals surface area contributed by atoms with Crippen molar-refractivity contribution < 1.29 is 4.79 Å². The van der Waals surface area contributed by atoms with Crippen LogP contribution in [-0.2, 0) is 11.2 Å². The molecule has 0 aliphatic heterocycles. The Morgan fingerprint density at radius 2 is 1.91 bits per heavy atom. The fraction of sp³-hybridized carbons (Fsp3) is 0.368. The molecule has 1 aromatic carbocycles. The molecular formula is C19H25N3O. The molecule has 122 valence electrons. The first kappa shape index (κ1) is 17.0. The van der Waals surface area contributed by atoms with E-state index in [1.807, 2.05) is 42.6 Å². The number of rotatable bonds is 5. The highest BCUT2D eigenvalue weighted by Gasteiger charge is 2.22. The molecule has 4 nitrogen and oxygen atoms in total. The van der Waals surface area contributed by atoms with Crippen LogP contribution in [0.25, 0.3) is 0 Å². The SMILES string of the molecule is CC(C)(C)CC(NC(=O)Cc1ccc(N)cc1)c1cccnc1. The first-order valence-corrected chi connectivity index (χ1v) is 7.87. The average Bonchev–Trinajstić information content (AvgIpc) is 2.48. The lowest BCUT2D eigenvalue weighted by atomic mass is 9.85. The zero-order valence-corrected chi connectivity index (χ0v) is 14.0. The van der Waals surface area contributed by atoms with Crippen molar-refractivity contribution in [2.45, 2.75) is 39.7 Å². The van der Waals surface area contributed by atoms with Crippen molar-refractivity contribution in [3.63, 3.8) is 0 Å². The van der Waals surface area contributed by atoms with Crippen molar-refractivity contribution in [3.8, 4) is 0 Å². The van der Waals surface area contributed by atoms with E-state index in [4.69, 9.17) is 5.73 Å². The number of nitrogens with one attached hydrogen (secondary N) is 1. The van der Waals surface area contributed by atoms with Crippen molar-refractivity contribution in [3.05, 3.63) is 59.9 Å². The second kappa shape index (κ2) is 7.27. The summed E-state index contributed by atoms with van der Waals surface area (Å²) in [6.45, 7) is 6.51. The summed E-state index contributed by atoms with van der Waals surface area (Å²) in [5.74, 6) is 0.00729.